The van der Waals surface area contributed by atoms with E-state index in [-0.39, 0.29) is 11.9 Å². The van der Waals surface area contributed by atoms with Gasteiger partial charge in [0.1, 0.15) is 0 Å². The number of imidazole rings is 1. The molecule has 33 heavy (non-hydrogen) atoms. The average Bonchev–Trinajstić information content (AvgIpc) is 3.16. The minimum Gasteiger partial charge on any atom is -0.378 e. The molecule has 166 valence electrons. The summed E-state index contributed by atoms with van der Waals surface area (Å²) >= 11 is 6.13. The molecule has 3 aromatic carbocycles. The van der Waals surface area contributed by atoms with Gasteiger partial charge in [-0.2, -0.15) is 0 Å². The van der Waals surface area contributed by atoms with E-state index in [1.165, 1.54) is 0 Å². The fraction of sp³-hybridized carbons (Fsp3) is 0.154. The molecule has 0 spiro atoms. The Morgan fingerprint density at radius 3 is 2.55 bits per heavy atom. The number of amides is 1. The molecule has 0 fully saturated rings. The summed E-state index contributed by atoms with van der Waals surface area (Å²) < 4.78 is 2.10. The molecule has 0 bridgehead atoms. The Bertz CT molecular complexity index is 1390. The van der Waals surface area contributed by atoms with Crippen molar-refractivity contribution in [2.75, 3.05) is 29.6 Å². The van der Waals surface area contributed by atoms with Crippen LogP contribution in [0.2, 0.25) is 5.02 Å². The van der Waals surface area contributed by atoms with E-state index in [1.807, 2.05) is 57.4 Å². The van der Waals surface area contributed by atoms with Crippen molar-refractivity contribution in [2.24, 2.45) is 0 Å². The van der Waals surface area contributed by atoms with Crippen molar-refractivity contribution in [1.82, 2.24) is 9.55 Å². The Morgan fingerprint density at radius 1 is 1.06 bits per heavy atom. The van der Waals surface area contributed by atoms with Gasteiger partial charge in [0.05, 0.1) is 22.6 Å². The van der Waals surface area contributed by atoms with Crippen LogP contribution in [0.5, 0.6) is 0 Å². The number of benzene rings is 3. The van der Waals surface area contributed by atoms with Gasteiger partial charge in [0, 0.05) is 36.2 Å². The minimum atomic E-state index is -0.343. The summed E-state index contributed by atoms with van der Waals surface area (Å²) in [5.74, 6) is 0.530. The maximum absolute atomic E-state index is 13.6. The number of hydrogen-bond acceptors (Lipinski definition) is 4. The predicted molar refractivity (Wildman–Crippen MR) is 135 cm³/mol. The lowest BCUT2D eigenvalue weighted by molar-refractivity contribution is -0.113. The number of hydrogen-bond donors (Lipinski definition) is 2. The fourth-order valence-corrected chi connectivity index (χ4v) is 4.48. The van der Waals surface area contributed by atoms with Gasteiger partial charge < -0.3 is 15.5 Å². The van der Waals surface area contributed by atoms with Gasteiger partial charge in [0.2, 0.25) is 5.95 Å². The number of nitrogens with one attached hydrogen (secondary N) is 2. The highest BCUT2D eigenvalue weighted by Crippen LogP contribution is 2.40. The van der Waals surface area contributed by atoms with Crippen LogP contribution in [-0.4, -0.2) is 29.6 Å². The summed E-state index contributed by atoms with van der Waals surface area (Å²) in [4.78, 5) is 20.5. The van der Waals surface area contributed by atoms with Gasteiger partial charge in [-0.25, -0.2) is 4.98 Å². The van der Waals surface area contributed by atoms with Gasteiger partial charge in [0.15, 0.2) is 0 Å². The third kappa shape index (κ3) is 3.83. The molecule has 1 aromatic heterocycles. The molecule has 4 aromatic rings. The summed E-state index contributed by atoms with van der Waals surface area (Å²) in [6.45, 7) is 1.91. The second-order valence-corrected chi connectivity index (χ2v) is 8.75. The highest BCUT2D eigenvalue weighted by Gasteiger charge is 2.34. The van der Waals surface area contributed by atoms with Gasteiger partial charge >= 0.3 is 0 Å². The van der Waals surface area contributed by atoms with Gasteiger partial charge in [-0.3, -0.25) is 9.36 Å². The van der Waals surface area contributed by atoms with E-state index in [4.69, 9.17) is 16.6 Å². The van der Waals surface area contributed by atoms with Crippen LogP contribution >= 0.6 is 11.6 Å². The van der Waals surface area contributed by atoms with Crippen LogP contribution in [0.25, 0.3) is 11.0 Å². The Morgan fingerprint density at radius 2 is 1.82 bits per heavy atom. The molecule has 0 saturated carbocycles. The van der Waals surface area contributed by atoms with Crippen LogP contribution in [0, 0.1) is 0 Å². The number of allylic oxidation sites excluding steroid dienone is 1. The van der Waals surface area contributed by atoms with Crippen LogP contribution in [0.1, 0.15) is 18.5 Å². The van der Waals surface area contributed by atoms with Crippen LogP contribution in [0.15, 0.2) is 84.1 Å². The summed E-state index contributed by atoms with van der Waals surface area (Å²) in [7, 11) is 4.02. The number of carbonyl (C=O) groups is 1. The maximum atomic E-state index is 13.6. The van der Waals surface area contributed by atoms with Crippen molar-refractivity contribution < 1.29 is 4.79 Å². The highest BCUT2D eigenvalue weighted by atomic mass is 35.5. The molecular formula is C26H24ClN5O. The first kappa shape index (κ1) is 21.1. The van der Waals surface area contributed by atoms with Crippen molar-refractivity contribution in [3.63, 3.8) is 0 Å². The molecule has 0 aliphatic carbocycles. The van der Waals surface area contributed by atoms with Crippen molar-refractivity contribution >= 4 is 45.9 Å². The third-order valence-electron chi connectivity index (χ3n) is 5.88. The summed E-state index contributed by atoms with van der Waals surface area (Å²) in [5, 5.41) is 6.93. The SMILES string of the molecule is CC1=C(C(=O)Nc2cccc(Cl)c2)[C@H](c2ccc(N(C)C)cc2)n2c(nc3ccccc32)N1. The number of fused-ring (bicyclic) bond motifs is 3. The molecule has 1 aliphatic heterocycles. The first-order chi connectivity index (χ1) is 15.9. The summed E-state index contributed by atoms with van der Waals surface area (Å²) in [5.41, 5.74) is 5.97. The van der Waals surface area contributed by atoms with Gasteiger partial charge in [-0.05, 0) is 55.0 Å². The zero-order valence-electron chi connectivity index (χ0n) is 18.6. The molecule has 0 unspecified atom stereocenters. The topological polar surface area (TPSA) is 62.2 Å². The average molecular weight is 458 g/mol. The Kier molecular flexibility index (Phi) is 5.30. The van der Waals surface area contributed by atoms with Crippen molar-refractivity contribution in [2.45, 2.75) is 13.0 Å². The molecule has 1 atom stereocenters. The molecule has 7 heteroatoms. The fourth-order valence-electron chi connectivity index (χ4n) is 4.29. The number of rotatable bonds is 4. The quantitative estimate of drug-likeness (QED) is 0.413. The number of anilines is 3. The second-order valence-electron chi connectivity index (χ2n) is 8.31. The third-order valence-corrected chi connectivity index (χ3v) is 6.12. The van der Waals surface area contributed by atoms with E-state index in [2.05, 4.69) is 44.4 Å². The predicted octanol–water partition coefficient (Wildman–Crippen LogP) is 5.68. The Balaban J connectivity index is 1.65. The van der Waals surface area contributed by atoms with Gasteiger partial charge in [0.25, 0.3) is 5.91 Å². The molecule has 6 nitrogen and oxygen atoms in total. The van der Waals surface area contributed by atoms with Crippen LogP contribution < -0.4 is 15.5 Å². The monoisotopic (exact) mass is 457 g/mol. The Labute approximate surface area is 197 Å². The van der Waals surface area contributed by atoms with Crippen LogP contribution in [0.4, 0.5) is 17.3 Å². The van der Waals surface area contributed by atoms with Gasteiger partial charge in [-0.15, -0.1) is 0 Å². The standard InChI is InChI=1S/C26H24ClN5O/c1-16-23(25(33)29-19-8-6-7-18(27)15-19)24(17-11-13-20(14-12-17)31(2)3)32-22-10-5-4-9-21(22)30-26(32)28-16/h4-15,24H,1-3H3,(H,28,30)(H,29,33)/t24-/m0/s1. The molecule has 2 N–H and O–H groups in total. The highest BCUT2D eigenvalue weighted by molar-refractivity contribution is 6.31. The number of carbonyl (C=O) groups excluding carboxylic acids is 1. The van der Waals surface area contributed by atoms with Crippen molar-refractivity contribution in [3.05, 3.63) is 94.7 Å². The van der Waals surface area contributed by atoms with E-state index in [9.17, 15) is 4.79 Å². The van der Waals surface area contributed by atoms with E-state index in [1.54, 1.807) is 12.1 Å². The number of nitrogens with zero attached hydrogens (tertiary/aromatic N) is 3. The van der Waals surface area contributed by atoms with E-state index >= 15 is 0 Å². The molecule has 2 heterocycles. The molecule has 1 amide bonds. The molecule has 5 rings (SSSR count). The van der Waals surface area contributed by atoms with Crippen molar-refractivity contribution in [3.8, 4) is 0 Å². The van der Waals surface area contributed by atoms with E-state index in [0.29, 0.717) is 16.3 Å². The van der Waals surface area contributed by atoms with E-state index in [0.717, 1.165) is 33.9 Å². The number of aromatic nitrogens is 2. The normalized spacial score (nSPS) is 15.2. The lowest BCUT2D eigenvalue weighted by Gasteiger charge is -2.31. The maximum Gasteiger partial charge on any atom is 0.255 e. The van der Waals surface area contributed by atoms with E-state index < -0.39 is 0 Å². The summed E-state index contributed by atoms with van der Waals surface area (Å²) in [6, 6.07) is 23.1. The summed E-state index contributed by atoms with van der Waals surface area (Å²) in [6.07, 6.45) is 0. The number of halogens is 1. The lowest BCUT2D eigenvalue weighted by atomic mass is 9.94. The molecule has 1 aliphatic rings. The lowest BCUT2D eigenvalue weighted by Crippen LogP contribution is -2.31. The molecule has 0 saturated heterocycles. The zero-order chi connectivity index (χ0) is 23.1. The first-order valence-corrected chi connectivity index (χ1v) is 11.1. The largest absolute Gasteiger partial charge is 0.378 e. The van der Waals surface area contributed by atoms with Gasteiger partial charge in [-0.1, -0.05) is 41.9 Å². The Hall–Kier alpha value is -3.77. The van der Waals surface area contributed by atoms with Crippen molar-refractivity contribution in [1.29, 1.82) is 0 Å². The van der Waals surface area contributed by atoms with Crippen LogP contribution in [-0.2, 0) is 4.79 Å². The second kappa shape index (κ2) is 8.30. The smallest absolute Gasteiger partial charge is 0.255 e. The molecule has 0 radical (unpaired) electrons. The molecular weight excluding hydrogens is 434 g/mol. The minimum absolute atomic E-state index is 0.188. The number of para-hydroxylation sites is 2. The zero-order valence-corrected chi connectivity index (χ0v) is 19.4. The first-order valence-electron chi connectivity index (χ1n) is 10.7. The van der Waals surface area contributed by atoms with Crippen LogP contribution in [0.3, 0.4) is 0 Å².